The lowest BCUT2D eigenvalue weighted by Crippen LogP contribution is -2.12. The molecule has 6 rings (SSSR count). The van der Waals surface area contributed by atoms with Crippen molar-refractivity contribution in [2.45, 2.75) is 38.1 Å². The molecule has 3 aromatic heterocycles. The van der Waals surface area contributed by atoms with Gasteiger partial charge in [0.05, 0.1) is 22.5 Å². The van der Waals surface area contributed by atoms with Crippen LogP contribution in [0.4, 0.5) is 0 Å². The van der Waals surface area contributed by atoms with Crippen LogP contribution in [0.1, 0.15) is 53.1 Å². The molecule has 1 aromatic carbocycles. The molecule has 0 spiro atoms. The Morgan fingerprint density at radius 2 is 2.03 bits per heavy atom. The highest BCUT2D eigenvalue weighted by molar-refractivity contribution is 6.06. The van der Waals surface area contributed by atoms with Crippen molar-refractivity contribution in [3.05, 3.63) is 65.7 Å². The van der Waals surface area contributed by atoms with E-state index in [4.69, 9.17) is 15.7 Å². The summed E-state index contributed by atoms with van der Waals surface area (Å²) in [6.45, 7) is 2.00. The summed E-state index contributed by atoms with van der Waals surface area (Å²) in [5.74, 6) is 1.24. The number of hydrogen-bond donors (Lipinski definition) is 1. The largest absolute Gasteiger partial charge is 0.366 e. The van der Waals surface area contributed by atoms with Gasteiger partial charge < -0.3 is 10.3 Å². The quantitative estimate of drug-likeness (QED) is 0.557. The average molecular weight is 395 g/mol. The highest BCUT2D eigenvalue weighted by Crippen LogP contribution is 2.52. The van der Waals surface area contributed by atoms with Gasteiger partial charge in [0, 0.05) is 34.8 Å². The number of pyridine rings is 2. The van der Waals surface area contributed by atoms with Crippen LogP contribution in [-0.4, -0.2) is 25.4 Å². The minimum Gasteiger partial charge on any atom is -0.366 e. The molecule has 0 unspecified atom stereocenters. The van der Waals surface area contributed by atoms with Gasteiger partial charge in [0.15, 0.2) is 0 Å². The monoisotopic (exact) mass is 395 g/mol. The van der Waals surface area contributed by atoms with Crippen LogP contribution in [0.5, 0.6) is 0 Å². The molecule has 1 fully saturated rings. The van der Waals surface area contributed by atoms with Crippen LogP contribution in [-0.2, 0) is 0 Å². The summed E-state index contributed by atoms with van der Waals surface area (Å²) in [5.41, 5.74) is 11.7. The Morgan fingerprint density at radius 1 is 1.13 bits per heavy atom. The van der Waals surface area contributed by atoms with Crippen molar-refractivity contribution >= 4 is 16.8 Å². The number of amides is 1. The van der Waals surface area contributed by atoms with E-state index >= 15 is 0 Å². The molecular formula is C24H21N5O. The van der Waals surface area contributed by atoms with Crippen LogP contribution >= 0.6 is 0 Å². The zero-order chi connectivity index (χ0) is 20.4. The summed E-state index contributed by atoms with van der Waals surface area (Å²) in [5, 5.41) is 0.768. The van der Waals surface area contributed by atoms with Crippen molar-refractivity contribution in [3.8, 4) is 22.6 Å². The van der Waals surface area contributed by atoms with Crippen molar-refractivity contribution < 1.29 is 4.79 Å². The van der Waals surface area contributed by atoms with Gasteiger partial charge in [-0.2, -0.15) is 0 Å². The fourth-order valence-corrected chi connectivity index (χ4v) is 5.17. The lowest BCUT2D eigenvalue weighted by atomic mass is 10.0. The summed E-state index contributed by atoms with van der Waals surface area (Å²) in [6, 6.07) is 14.2. The van der Waals surface area contributed by atoms with Gasteiger partial charge in [0.25, 0.3) is 0 Å². The maximum absolute atomic E-state index is 12.0. The highest BCUT2D eigenvalue weighted by atomic mass is 16.1. The first-order valence-electron chi connectivity index (χ1n) is 10.4. The van der Waals surface area contributed by atoms with E-state index in [0.29, 0.717) is 17.5 Å². The van der Waals surface area contributed by atoms with Gasteiger partial charge in [-0.05, 0) is 56.5 Å². The van der Waals surface area contributed by atoms with E-state index in [0.717, 1.165) is 39.2 Å². The first-order chi connectivity index (χ1) is 14.6. The minimum atomic E-state index is -0.447. The molecule has 6 heteroatoms. The fraction of sp³-hybridized carbons (Fsp3) is 0.250. The van der Waals surface area contributed by atoms with Gasteiger partial charge in [-0.1, -0.05) is 12.1 Å². The molecule has 148 valence electrons. The van der Waals surface area contributed by atoms with Crippen molar-refractivity contribution in [3.63, 3.8) is 0 Å². The number of nitrogens with zero attached hydrogens (tertiary/aromatic N) is 4. The predicted molar refractivity (Wildman–Crippen MR) is 115 cm³/mol. The van der Waals surface area contributed by atoms with Crippen LogP contribution in [0.3, 0.4) is 0 Å². The van der Waals surface area contributed by atoms with Crippen molar-refractivity contribution in [1.82, 2.24) is 19.5 Å². The first-order valence-corrected chi connectivity index (χ1v) is 10.4. The second kappa shape index (κ2) is 6.23. The molecule has 1 amide bonds. The van der Waals surface area contributed by atoms with Crippen LogP contribution in [0.2, 0.25) is 0 Å². The van der Waals surface area contributed by atoms with Crippen molar-refractivity contribution in [1.29, 1.82) is 0 Å². The topological polar surface area (TPSA) is 86.7 Å². The second-order valence-corrected chi connectivity index (χ2v) is 8.32. The number of rotatable bonds is 3. The van der Waals surface area contributed by atoms with E-state index in [1.807, 2.05) is 37.3 Å². The Kier molecular flexibility index (Phi) is 3.60. The number of fused-ring (bicyclic) bond motifs is 6. The molecule has 2 N–H and O–H groups in total. The number of benzene rings is 1. The first kappa shape index (κ1) is 17.3. The maximum Gasteiger partial charge on any atom is 0.249 e. The summed E-state index contributed by atoms with van der Waals surface area (Å²) in [6.07, 6.45) is 5.18. The lowest BCUT2D eigenvalue weighted by Gasteiger charge is -2.18. The summed E-state index contributed by atoms with van der Waals surface area (Å²) in [4.78, 5) is 26.3. The fourth-order valence-electron chi connectivity index (χ4n) is 5.17. The number of carbonyl (C=O) groups excluding carboxylic acids is 1. The van der Waals surface area contributed by atoms with Gasteiger partial charge in [-0.25, -0.2) is 4.98 Å². The summed E-state index contributed by atoms with van der Waals surface area (Å²) >= 11 is 0. The number of aromatic nitrogens is 4. The van der Waals surface area contributed by atoms with Crippen molar-refractivity contribution in [2.75, 3.05) is 0 Å². The van der Waals surface area contributed by atoms with Crippen LogP contribution in [0.25, 0.3) is 33.5 Å². The predicted octanol–water partition coefficient (Wildman–Crippen LogP) is 4.39. The molecule has 2 bridgehead atoms. The number of primary amides is 1. The Morgan fingerprint density at radius 3 is 2.87 bits per heavy atom. The molecule has 0 saturated heterocycles. The standard InChI is InChI=1S/C24H21N5O/c1-13-3-2-4-20(27-13)21-22(29-16-7-5-15(11-16)24(29)28-21)14-6-8-19-18(12-14)17(23(25)30)9-10-26-19/h2-4,6,8-10,12,15-16H,5,7,11H2,1H3,(H2,25,30)/t15-,16+/m1/s1. The molecule has 30 heavy (non-hydrogen) atoms. The van der Waals surface area contributed by atoms with Crippen molar-refractivity contribution in [2.24, 2.45) is 5.73 Å². The Bertz CT molecular complexity index is 1340. The lowest BCUT2D eigenvalue weighted by molar-refractivity contribution is 0.100. The van der Waals surface area contributed by atoms with E-state index in [1.165, 1.54) is 25.1 Å². The van der Waals surface area contributed by atoms with Crippen LogP contribution < -0.4 is 5.73 Å². The van der Waals surface area contributed by atoms with Crippen LogP contribution in [0.15, 0.2) is 48.7 Å². The Hall–Kier alpha value is -3.54. The number of imidazole rings is 1. The van der Waals surface area contributed by atoms with Gasteiger partial charge >= 0.3 is 0 Å². The average Bonchev–Trinajstić information content (AvgIpc) is 3.45. The minimum absolute atomic E-state index is 0.447. The van der Waals surface area contributed by atoms with Gasteiger partial charge in [-0.15, -0.1) is 0 Å². The van der Waals surface area contributed by atoms with Crippen LogP contribution in [0, 0.1) is 6.92 Å². The molecule has 2 aliphatic rings. The third kappa shape index (κ3) is 2.43. The molecule has 1 aliphatic heterocycles. The third-order valence-electron chi connectivity index (χ3n) is 6.49. The molecule has 0 radical (unpaired) electrons. The van der Waals surface area contributed by atoms with Gasteiger partial charge in [-0.3, -0.25) is 14.8 Å². The zero-order valence-corrected chi connectivity index (χ0v) is 16.7. The third-order valence-corrected chi connectivity index (χ3v) is 6.49. The highest BCUT2D eigenvalue weighted by Gasteiger charge is 2.41. The second-order valence-electron chi connectivity index (χ2n) is 8.32. The molecule has 6 nitrogen and oxygen atoms in total. The summed E-state index contributed by atoms with van der Waals surface area (Å²) in [7, 11) is 0. The van der Waals surface area contributed by atoms with E-state index in [-0.39, 0.29) is 0 Å². The van der Waals surface area contributed by atoms with E-state index in [2.05, 4.69) is 15.6 Å². The van der Waals surface area contributed by atoms with Gasteiger partial charge in [0.1, 0.15) is 11.5 Å². The SMILES string of the molecule is Cc1cccc(-c2nc3n(c2-c2ccc4nccc(C(N)=O)c4c2)[C@H]2CC[C@@H]3C2)n1. The number of aryl methyl sites for hydroxylation is 1. The van der Waals surface area contributed by atoms with E-state index in [1.54, 1.807) is 12.3 Å². The molecule has 1 aliphatic carbocycles. The van der Waals surface area contributed by atoms with Gasteiger partial charge in [0.2, 0.25) is 5.91 Å². The summed E-state index contributed by atoms with van der Waals surface area (Å²) < 4.78 is 2.41. The smallest absolute Gasteiger partial charge is 0.249 e. The number of carbonyl (C=O) groups is 1. The number of hydrogen-bond acceptors (Lipinski definition) is 4. The Balaban J connectivity index is 1.64. The number of nitrogens with two attached hydrogens (primary N) is 1. The zero-order valence-electron chi connectivity index (χ0n) is 16.7. The molecule has 4 heterocycles. The Labute approximate surface area is 173 Å². The maximum atomic E-state index is 12.0. The van der Waals surface area contributed by atoms with E-state index < -0.39 is 5.91 Å². The van der Waals surface area contributed by atoms with E-state index in [9.17, 15) is 4.79 Å². The molecule has 1 saturated carbocycles. The molecule has 2 atom stereocenters. The normalized spacial score (nSPS) is 19.4. The molecule has 4 aromatic rings. The molecular weight excluding hydrogens is 374 g/mol.